The van der Waals surface area contributed by atoms with Crippen LogP contribution in [0.5, 0.6) is 0 Å². The summed E-state index contributed by atoms with van der Waals surface area (Å²) in [6.07, 6.45) is 1.21. The van der Waals surface area contributed by atoms with E-state index in [2.05, 4.69) is 4.72 Å². The number of nitrogens with one attached hydrogen (secondary N) is 1. The van der Waals surface area contributed by atoms with Gasteiger partial charge in [-0.25, -0.2) is 13.1 Å². The van der Waals surface area contributed by atoms with Crippen LogP contribution in [-0.2, 0) is 10.0 Å². The number of carbonyl (C=O) groups excluding carboxylic acids is 1. The third-order valence-electron chi connectivity index (χ3n) is 3.65. The normalized spacial score (nSPS) is 16.7. The quantitative estimate of drug-likeness (QED) is 0.872. The van der Waals surface area contributed by atoms with E-state index in [1.54, 1.807) is 34.5 Å². The molecule has 0 atom stereocenters. The maximum absolute atomic E-state index is 12.3. The summed E-state index contributed by atoms with van der Waals surface area (Å²) in [6, 6.07) is 6.60. The second-order valence-corrected chi connectivity index (χ2v) is 9.83. The van der Waals surface area contributed by atoms with E-state index in [0.29, 0.717) is 39.4 Å². The Morgan fingerprint density at radius 3 is 2.57 bits per heavy atom. The first-order valence-corrected chi connectivity index (χ1v) is 10.6. The molecule has 0 saturated carbocycles. The molecular formula is C14H15ClN2O3S3. The van der Waals surface area contributed by atoms with Crippen molar-refractivity contribution in [2.45, 2.75) is 23.1 Å². The highest BCUT2D eigenvalue weighted by Gasteiger charge is 2.28. The molecule has 3 heterocycles. The predicted octanol–water partition coefficient (Wildman–Crippen LogP) is 3.05. The highest BCUT2D eigenvalue weighted by atomic mass is 35.5. The molecule has 0 bridgehead atoms. The van der Waals surface area contributed by atoms with Crippen molar-refractivity contribution in [3.63, 3.8) is 0 Å². The summed E-state index contributed by atoms with van der Waals surface area (Å²) in [4.78, 5) is 14.7. The second kappa shape index (κ2) is 6.90. The first-order chi connectivity index (χ1) is 11.0. The van der Waals surface area contributed by atoms with Crippen molar-refractivity contribution in [3.05, 3.63) is 38.9 Å². The Hall–Kier alpha value is -0.930. The van der Waals surface area contributed by atoms with E-state index >= 15 is 0 Å². The number of piperidine rings is 1. The van der Waals surface area contributed by atoms with Crippen molar-refractivity contribution in [3.8, 4) is 0 Å². The molecule has 5 nitrogen and oxygen atoms in total. The molecule has 1 aliphatic heterocycles. The summed E-state index contributed by atoms with van der Waals surface area (Å²) in [5.41, 5.74) is 0. The number of halogens is 1. The fraction of sp³-hybridized carbons (Fsp3) is 0.357. The van der Waals surface area contributed by atoms with Crippen LogP contribution in [0.2, 0.25) is 4.34 Å². The molecule has 0 aromatic carbocycles. The Morgan fingerprint density at radius 2 is 2.00 bits per heavy atom. The van der Waals surface area contributed by atoms with Gasteiger partial charge < -0.3 is 4.90 Å². The van der Waals surface area contributed by atoms with E-state index in [-0.39, 0.29) is 11.9 Å². The maximum atomic E-state index is 12.3. The number of thiophene rings is 2. The molecule has 1 N–H and O–H groups in total. The van der Waals surface area contributed by atoms with Gasteiger partial charge in [0.05, 0.1) is 9.21 Å². The van der Waals surface area contributed by atoms with Crippen molar-refractivity contribution in [1.29, 1.82) is 0 Å². The fourth-order valence-corrected chi connectivity index (χ4v) is 5.80. The van der Waals surface area contributed by atoms with Crippen LogP contribution in [0.4, 0.5) is 0 Å². The van der Waals surface area contributed by atoms with Crippen LogP contribution in [0.1, 0.15) is 22.5 Å². The van der Waals surface area contributed by atoms with Crippen molar-refractivity contribution in [2.75, 3.05) is 13.1 Å². The van der Waals surface area contributed by atoms with E-state index < -0.39 is 10.0 Å². The molecular weight excluding hydrogens is 376 g/mol. The first kappa shape index (κ1) is 16.9. The molecule has 1 fully saturated rings. The van der Waals surface area contributed by atoms with E-state index in [1.165, 1.54) is 22.7 Å². The molecule has 124 valence electrons. The average Bonchev–Trinajstić information content (AvgIpc) is 3.18. The SMILES string of the molecule is O=C(c1ccc(Cl)s1)N1CCC(NS(=O)(=O)c2cccs2)CC1. The summed E-state index contributed by atoms with van der Waals surface area (Å²) >= 11 is 8.32. The summed E-state index contributed by atoms with van der Waals surface area (Å²) < 4.78 is 28.1. The number of amides is 1. The average molecular weight is 391 g/mol. The number of sulfonamides is 1. The summed E-state index contributed by atoms with van der Waals surface area (Å²) in [5, 5.41) is 1.74. The van der Waals surface area contributed by atoms with Gasteiger partial charge in [-0.15, -0.1) is 22.7 Å². The van der Waals surface area contributed by atoms with Crippen molar-refractivity contribution in [2.24, 2.45) is 0 Å². The van der Waals surface area contributed by atoms with Gasteiger partial charge in [-0.2, -0.15) is 0 Å². The van der Waals surface area contributed by atoms with Crippen LogP contribution < -0.4 is 4.72 Å². The van der Waals surface area contributed by atoms with Gasteiger partial charge in [0.2, 0.25) is 10.0 Å². The Balaban J connectivity index is 1.57. The van der Waals surface area contributed by atoms with Crippen molar-refractivity contribution < 1.29 is 13.2 Å². The number of carbonyl (C=O) groups is 1. The molecule has 1 amide bonds. The number of nitrogens with zero attached hydrogens (tertiary/aromatic N) is 1. The minimum Gasteiger partial charge on any atom is -0.338 e. The van der Waals surface area contributed by atoms with Gasteiger partial charge in [-0.05, 0) is 36.4 Å². The molecule has 0 unspecified atom stereocenters. The molecule has 1 saturated heterocycles. The van der Waals surface area contributed by atoms with Crippen LogP contribution in [-0.4, -0.2) is 38.4 Å². The number of hydrogen-bond donors (Lipinski definition) is 1. The largest absolute Gasteiger partial charge is 0.338 e. The zero-order valence-electron chi connectivity index (χ0n) is 12.1. The topological polar surface area (TPSA) is 66.5 Å². The van der Waals surface area contributed by atoms with Crippen LogP contribution >= 0.6 is 34.3 Å². The lowest BCUT2D eigenvalue weighted by Crippen LogP contribution is -2.46. The third kappa shape index (κ3) is 3.95. The molecule has 1 aliphatic rings. The minimum absolute atomic E-state index is 0.0403. The smallest absolute Gasteiger partial charge is 0.263 e. The Labute approximate surface area is 147 Å². The van der Waals surface area contributed by atoms with Gasteiger partial charge in [0, 0.05) is 19.1 Å². The summed E-state index contributed by atoms with van der Waals surface area (Å²) in [5.74, 6) is -0.0403. The minimum atomic E-state index is -3.45. The van der Waals surface area contributed by atoms with Crippen molar-refractivity contribution >= 4 is 50.2 Å². The van der Waals surface area contributed by atoms with Crippen LogP contribution in [0.3, 0.4) is 0 Å². The zero-order valence-corrected chi connectivity index (χ0v) is 15.3. The van der Waals surface area contributed by atoms with Crippen LogP contribution in [0, 0.1) is 0 Å². The van der Waals surface area contributed by atoms with Crippen LogP contribution in [0.25, 0.3) is 0 Å². The molecule has 23 heavy (non-hydrogen) atoms. The molecule has 9 heteroatoms. The number of hydrogen-bond acceptors (Lipinski definition) is 5. The zero-order chi connectivity index (χ0) is 16.4. The van der Waals surface area contributed by atoms with E-state index in [4.69, 9.17) is 11.6 Å². The summed E-state index contributed by atoms with van der Waals surface area (Å²) in [7, 11) is -3.45. The van der Waals surface area contributed by atoms with Gasteiger partial charge in [-0.1, -0.05) is 17.7 Å². The monoisotopic (exact) mass is 390 g/mol. The molecule has 2 aromatic heterocycles. The van der Waals surface area contributed by atoms with Gasteiger partial charge in [0.1, 0.15) is 4.21 Å². The Kier molecular flexibility index (Phi) is 5.07. The Bertz CT molecular complexity index is 778. The van der Waals surface area contributed by atoms with Gasteiger partial charge in [0.25, 0.3) is 5.91 Å². The van der Waals surface area contributed by atoms with Gasteiger partial charge in [-0.3, -0.25) is 4.79 Å². The van der Waals surface area contributed by atoms with Gasteiger partial charge >= 0.3 is 0 Å². The second-order valence-electron chi connectivity index (χ2n) is 5.22. The highest BCUT2D eigenvalue weighted by Crippen LogP contribution is 2.24. The lowest BCUT2D eigenvalue weighted by atomic mass is 10.1. The molecule has 0 spiro atoms. The lowest BCUT2D eigenvalue weighted by Gasteiger charge is -2.31. The fourth-order valence-electron chi connectivity index (χ4n) is 2.48. The van der Waals surface area contributed by atoms with Gasteiger partial charge in [0.15, 0.2) is 0 Å². The predicted molar refractivity (Wildman–Crippen MR) is 92.9 cm³/mol. The lowest BCUT2D eigenvalue weighted by molar-refractivity contribution is 0.0716. The van der Waals surface area contributed by atoms with E-state index in [0.717, 1.165) is 0 Å². The van der Waals surface area contributed by atoms with E-state index in [9.17, 15) is 13.2 Å². The standard InChI is InChI=1S/C14H15ClN2O3S3/c15-12-4-3-11(22-12)14(18)17-7-5-10(6-8-17)16-23(19,20)13-2-1-9-21-13/h1-4,9-10,16H,5-8H2. The molecule has 3 rings (SSSR count). The molecule has 2 aromatic rings. The Morgan fingerprint density at radius 1 is 1.26 bits per heavy atom. The summed E-state index contributed by atoms with van der Waals surface area (Å²) in [6.45, 7) is 1.07. The van der Waals surface area contributed by atoms with Crippen molar-refractivity contribution in [1.82, 2.24) is 9.62 Å². The number of likely N-dealkylation sites (tertiary alicyclic amines) is 1. The number of rotatable bonds is 4. The first-order valence-electron chi connectivity index (χ1n) is 7.06. The molecule has 0 radical (unpaired) electrons. The highest BCUT2D eigenvalue weighted by molar-refractivity contribution is 7.91. The maximum Gasteiger partial charge on any atom is 0.263 e. The van der Waals surface area contributed by atoms with Crippen LogP contribution in [0.15, 0.2) is 33.9 Å². The molecule has 0 aliphatic carbocycles. The van der Waals surface area contributed by atoms with E-state index in [1.807, 2.05) is 0 Å². The third-order valence-corrected chi connectivity index (χ3v) is 7.79.